The van der Waals surface area contributed by atoms with Gasteiger partial charge in [-0.1, -0.05) is 134 Å². The number of rotatable bonds is 32. The molecule has 0 aromatic rings. The lowest BCUT2D eigenvalue weighted by atomic mass is 10.1. The van der Waals surface area contributed by atoms with E-state index in [1.165, 1.54) is 89.9 Å². The quantitative estimate of drug-likeness (QED) is 0.0325. The Morgan fingerprint density at radius 3 is 1.80 bits per heavy atom. The highest BCUT2D eigenvalue weighted by molar-refractivity contribution is 7.45. The van der Waals surface area contributed by atoms with Crippen LogP contribution in [0.25, 0.3) is 0 Å². The number of carbonyl (C=O) groups is 1. The number of likely N-dealkylation sites (N-methyl/N-ethyl adjacent to an activating group) is 1. The van der Waals surface area contributed by atoms with E-state index in [4.69, 9.17) is 9.05 Å². The topological polar surface area (TPSA) is 108 Å². The second-order valence-corrected chi connectivity index (χ2v) is 15.0. The predicted molar refractivity (Wildman–Crippen MR) is 187 cm³/mol. The number of quaternary nitrogens is 1. The normalized spacial score (nSPS) is 15.1. The SMILES string of the molecule is CCCCCCCCCCC/C=C/CC/C=C/C(O)C(COP(=O)([O-])OCC[N+](C)(C)C)NC(=O)CCCCCCCCCC. The Morgan fingerprint density at radius 1 is 0.756 bits per heavy atom. The van der Waals surface area contributed by atoms with Gasteiger partial charge in [-0.15, -0.1) is 0 Å². The van der Waals surface area contributed by atoms with Crippen LogP contribution in [0.5, 0.6) is 0 Å². The van der Waals surface area contributed by atoms with Gasteiger partial charge in [0, 0.05) is 6.42 Å². The molecule has 0 aromatic heterocycles. The highest BCUT2D eigenvalue weighted by atomic mass is 31.2. The lowest BCUT2D eigenvalue weighted by Crippen LogP contribution is -2.45. The molecule has 3 unspecified atom stereocenters. The number of phosphoric ester groups is 1. The van der Waals surface area contributed by atoms with E-state index in [9.17, 15) is 19.4 Å². The van der Waals surface area contributed by atoms with E-state index in [1.54, 1.807) is 6.08 Å². The molecule has 0 fully saturated rings. The predicted octanol–water partition coefficient (Wildman–Crippen LogP) is 8.38. The molecule has 0 heterocycles. The number of nitrogens with one attached hydrogen (secondary N) is 1. The molecule has 0 radical (unpaired) electrons. The van der Waals surface area contributed by atoms with E-state index in [2.05, 4.69) is 31.3 Å². The summed E-state index contributed by atoms with van der Waals surface area (Å²) in [4.78, 5) is 25.0. The molecule has 0 aliphatic heterocycles. The van der Waals surface area contributed by atoms with Crippen molar-refractivity contribution in [1.82, 2.24) is 5.32 Å². The minimum absolute atomic E-state index is 0.00511. The van der Waals surface area contributed by atoms with Crippen LogP contribution in [0.4, 0.5) is 0 Å². The maximum Gasteiger partial charge on any atom is 0.268 e. The van der Waals surface area contributed by atoms with Crippen molar-refractivity contribution in [2.45, 2.75) is 161 Å². The van der Waals surface area contributed by atoms with Crippen LogP contribution in [0.3, 0.4) is 0 Å². The van der Waals surface area contributed by atoms with Gasteiger partial charge in [-0.2, -0.15) is 0 Å². The van der Waals surface area contributed by atoms with Crippen molar-refractivity contribution in [3.8, 4) is 0 Å². The second kappa shape index (κ2) is 29.1. The maximum absolute atomic E-state index is 12.7. The zero-order valence-corrected chi connectivity index (χ0v) is 30.7. The monoisotopic (exact) mass is 659 g/mol. The Morgan fingerprint density at radius 2 is 1.24 bits per heavy atom. The first-order valence-electron chi connectivity index (χ1n) is 18.2. The molecule has 266 valence electrons. The summed E-state index contributed by atoms with van der Waals surface area (Å²) in [5.41, 5.74) is 0. The Hall–Kier alpha value is -1.02. The number of hydrogen-bond donors (Lipinski definition) is 2. The molecule has 9 heteroatoms. The third kappa shape index (κ3) is 31.4. The van der Waals surface area contributed by atoms with E-state index in [-0.39, 0.29) is 12.5 Å². The van der Waals surface area contributed by atoms with E-state index >= 15 is 0 Å². The fourth-order valence-electron chi connectivity index (χ4n) is 4.93. The molecule has 0 aromatic carbocycles. The third-order valence-electron chi connectivity index (χ3n) is 7.91. The zero-order valence-electron chi connectivity index (χ0n) is 29.8. The van der Waals surface area contributed by atoms with Crippen molar-refractivity contribution in [2.75, 3.05) is 40.9 Å². The lowest BCUT2D eigenvalue weighted by Gasteiger charge is -2.29. The highest BCUT2D eigenvalue weighted by Crippen LogP contribution is 2.38. The van der Waals surface area contributed by atoms with Crippen molar-refractivity contribution < 1.29 is 32.9 Å². The number of hydrogen-bond acceptors (Lipinski definition) is 6. The van der Waals surface area contributed by atoms with Gasteiger partial charge in [-0.3, -0.25) is 9.36 Å². The van der Waals surface area contributed by atoms with Crippen LogP contribution in [0.1, 0.15) is 149 Å². The Balaban J connectivity index is 4.60. The summed E-state index contributed by atoms with van der Waals surface area (Å²) in [6, 6.07) is -0.894. The van der Waals surface area contributed by atoms with Crippen molar-refractivity contribution in [3.05, 3.63) is 24.3 Å². The van der Waals surface area contributed by atoms with Crippen LogP contribution in [0.15, 0.2) is 24.3 Å². The molecule has 8 nitrogen and oxygen atoms in total. The number of aliphatic hydroxyl groups excluding tert-OH is 1. The number of nitrogens with zero attached hydrogens (tertiary/aromatic N) is 1. The molecular weight excluding hydrogens is 587 g/mol. The summed E-state index contributed by atoms with van der Waals surface area (Å²) >= 11 is 0. The average molecular weight is 659 g/mol. The molecule has 0 spiro atoms. The van der Waals surface area contributed by atoms with Crippen molar-refractivity contribution >= 4 is 13.7 Å². The van der Waals surface area contributed by atoms with Crippen LogP contribution >= 0.6 is 7.82 Å². The molecule has 0 aliphatic rings. The Kier molecular flexibility index (Phi) is 28.5. The number of aliphatic hydroxyl groups is 1. The zero-order chi connectivity index (χ0) is 33.7. The Labute approximate surface area is 277 Å². The van der Waals surface area contributed by atoms with Gasteiger partial charge in [0.2, 0.25) is 5.91 Å². The van der Waals surface area contributed by atoms with Crippen LogP contribution in [-0.4, -0.2) is 68.5 Å². The van der Waals surface area contributed by atoms with Crippen molar-refractivity contribution in [2.24, 2.45) is 0 Å². The third-order valence-corrected chi connectivity index (χ3v) is 8.88. The summed E-state index contributed by atoms with van der Waals surface area (Å²) in [7, 11) is 1.24. The van der Waals surface area contributed by atoms with Gasteiger partial charge in [0.25, 0.3) is 7.82 Å². The molecule has 45 heavy (non-hydrogen) atoms. The minimum Gasteiger partial charge on any atom is -0.756 e. The van der Waals surface area contributed by atoms with E-state index in [1.807, 2.05) is 27.2 Å². The summed E-state index contributed by atoms with van der Waals surface area (Å²) < 4.78 is 23.0. The van der Waals surface area contributed by atoms with Gasteiger partial charge >= 0.3 is 0 Å². The number of phosphoric acid groups is 1. The fraction of sp³-hybridized carbons (Fsp3) is 0.861. The lowest BCUT2D eigenvalue weighted by molar-refractivity contribution is -0.870. The molecule has 0 saturated carbocycles. The van der Waals surface area contributed by atoms with E-state index in [0.29, 0.717) is 17.4 Å². The molecular formula is C36H71N2O6P. The Bertz CT molecular complexity index is 799. The highest BCUT2D eigenvalue weighted by Gasteiger charge is 2.23. The summed E-state index contributed by atoms with van der Waals surface area (Å²) in [6.45, 7) is 4.56. The van der Waals surface area contributed by atoms with Gasteiger partial charge in [0.15, 0.2) is 0 Å². The van der Waals surface area contributed by atoms with Gasteiger partial charge < -0.3 is 28.8 Å². The molecule has 1 amide bonds. The van der Waals surface area contributed by atoms with Gasteiger partial charge in [-0.25, -0.2) is 0 Å². The average Bonchev–Trinajstić information content (AvgIpc) is 2.97. The van der Waals surface area contributed by atoms with Crippen LogP contribution in [0.2, 0.25) is 0 Å². The van der Waals surface area contributed by atoms with Crippen molar-refractivity contribution in [1.29, 1.82) is 0 Å². The summed E-state index contributed by atoms with van der Waals surface area (Å²) in [5, 5.41) is 13.6. The molecule has 0 rings (SSSR count). The van der Waals surface area contributed by atoms with E-state index in [0.717, 1.165) is 38.5 Å². The van der Waals surface area contributed by atoms with E-state index < -0.39 is 26.6 Å². The first-order valence-corrected chi connectivity index (χ1v) is 19.7. The fourth-order valence-corrected chi connectivity index (χ4v) is 5.65. The number of allylic oxidation sites excluding steroid dienone is 3. The molecule has 2 N–H and O–H groups in total. The van der Waals surface area contributed by atoms with Gasteiger partial charge in [0.1, 0.15) is 13.2 Å². The number of carbonyl (C=O) groups excluding carboxylic acids is 1. The standard InChI is InChI=1S/C36H71N2O6P/c1-6-8-10-12-14-16-17-18-19-20-21-22-23-25-27-29-35(39)34(33-44-45(41,42)43-32-31-38(3,4)5)37-36(40)30-28-26-24-15-13-11-9-7-2/h21-22,27,29,34-35,39H,6-20,23-26,28,30-33H2,1-5H3,(H-,37,40,41,42)/b22-21+,29-27+. The maximum atomic E-state index is 12.7. The second-order valence-electron chi connectivity index (χ2n) is 13.6. The number of amides is 1. The van der Waals surface area contributed by atoms with Crippen LogP contribution < -0.4 is 10.2 Å². The molecule has 0 aliphatic carbocycles. The molecule has 3 atom stereocenters. The first-order chi connectivity index (χ1) is 21.5. The number of unbranched alkanes of at least 4 members (excludes halogenated alkanes) is 17. The van der Waals surface area contributed by atoms with Gasteiger partial charge in [0.05, 0.1) is 39.9 Å². The van der Waals surface area contributed by atoms with Crippen LogP contribution in [-0.2, 0) is 18.4 Å². The van der Waals surface area contributed by atoms with Gasteiger partial charge in [-0.05, 0) is 32.1 Å². The smallest absolute Gasteiger partial charge is 0.268 e. The summed E-state index contributed by atoms with van der Waals surface area (Å²) in [5.74, 6) is -0.215. The largest absolute Gasteiger partial charge is 0.756 e. The first kappa shape index (κ1) is 44.0. The molecule has 0 saturated heterocycles. The molecule has 0 bridgehead atoms. The van der Waals surface area contributed by atoms with Crippen LogP contribution in [0, 0.1) is 0 Å². The minimum atomic E-state index is -4.58. The van der Waals surface area contributed by atoms with Crippen molar-refractivity contribution in [3.63, 3.8) is 0 Å². The summed E-state index contributed by atoms with van der Waals surface area (Å²) in [6.07, 6.45) is 30.9.